The van der Waals surface area contributed by atoms with Crippen molar-refractivity contribution in [1.82, 2.24) is 4.57 Å². The van der Waals surface area contributed by atoms with E-state index in [1.807, 2.05) is 60.7 Å². The Morgan fingerprint density at radius 1 is 1.03 bits per heavy atom. The van der Waals surface area contributed by atoms with Gasteiger partial charge in [0.25, 0.3) is 5.91 Å². The van der Waals surface area contributed by atoms with Gasteiger partial charge in [-0.3, -0.25) is 9.59 Å². The quantitative estimate of drug-likeness (QED) is 0.279. The number of aliphatic hydroxyl groups is 1. The molecular formula is C32H39FN2O4. The number of nitrogens with one attached hydrogen (secondary N) is 1. The number of esters is 1. The van der Waals surface area contributed by atoms with Crippen molar-refractivity contribution in [3.8, 4) is 11.1 Å². The number of methoxy groups -OCH3 is 1. The molecule has 1 heterocycles. The van der Waals surface area contributed by atoms with Crippen molar-refractivity contribution in [1.29, 1.82) is 0 Å². The number of rotatable bonds is 10. The molecule has 2 aromatic carbocycles. The van der Waals surface area contributed by atoms with Crippen LogP contribution in [-0.2, 0) is 16.1 Å². The van der Waals surface area contributed by atoms with E-state index >= 15 is 0 Å². The van der Waals surface area contributed by atoms with Crippen LogP contribution in [0.15, 0.2) is 60.7 Å². The minimum atomic E-state index is -0.879. The van der Waals surface area contributed by atoms with Gasteiger partial charge in [-0.25, -0.2) is 4.39 Å². The van der Waals surface area contributed by atoms with Crippen molar-refractivity contribution in [2.24, 2.45) is 0 Å². The Labute approximate surface area is 230 Å². The molecule has 0 aliphatic heterocycles. The molecule has 0 radical (unpaired) electrons. The SMILES string of the molecule is COC(=O)C[C@H](O)CCn1c(C(C)C)c(C(=O)Nc2ccccc2)c(-c2ccccc2)c1C1CCC(F)CC1. The number of ether oxygens (including phenoxy) is 1. The fourth-order valence-electron chi connectivity index (χ4n) is 5.75. The lowest BCUT2D eigenvalue weighted by Gasteiger charge is -2.28. The van der Waals surface area contributed by atoms with Crippen LogP contribution in [0.3, 0.4) is 0 Å². The third-order valence-electron chi connectivity index (χ3n) is 7.57. The van der Waals surface area contributed by atoms with Crippen LogP contribution in [0.1, 0.15) is 86.0 Å². The van der Waals surface area contributed by atoms with Crippen molar-refractivity contribution in [3.05, 3.63) is 77.6 Å². The van der Waals surface area contributed by atoms with E-state index < -0.39 is 18.2 Å². The van der Waals surface area contributed by atoms with Crippen LogP contribution in [-0.4, -0.2) is 40.9 Å². The van der Waals surface area contributed by atoms with E-state index in [-0.39, 0.29) is 24.2 Å². The van der Waals surface area contributed by atoms with Gasteiger partial charge in [-0.2, -0.15) is 0 Å². The normalized spacial score (nSPS) is 18.1. The third kappa shape index (κ3) is 6.77. The molecule has 39 heavy (non-hydrogen) atoms. The van der Waals surface area contributed by atoms with Crippen LogP contribution in [0, 0.1) is 0 Å². The molecule has 1 aliphatic carbocycles. The lowest BCUT2D eigenvalue weighted by molar-refractivity contribution is -0.142. The molecule has 3 aromatic rings. The smallest absolute Gasteiger partial charge is 0.308 e. The average molecular weight is 535 g/mol. The zero-order chi connectivity index (χ0) is 27.9. The lowest BCUT2D eigenvalue weighted by atomic mass is 9.82. The van der Waals surface area contributed by atoms with Crippen LogP contribution in [0.5, 0.6) is 0 Å². The van der Waals surface area contributed by atoms with E-state index in [1.165, 1.54) is 7.11 Å². The molecule has 208 valence electrons. The predicted octanol–water partition coefficient (Wildman–Crippen LogP) is 6.84. The molecule has 0 saturated heterocycles. The van der Waals surface area contributed by atoms with Gasteiger partial charge < -0.3 is 19.7 Å². The zero-order valence-electron chi connectivity index (χ0n) is 23.0. The Bertz CT molecular complexity index is 1250. The van der Waals surface area contributed by atoms with Crippen molar-refractivity contribution >= 4 is 17.6 Å². The Hall–Kier alpha value is -3.45. The van der Waals surface area contributed by atoms with Gasteiger partial charge in [0.05, 0.1) is 25.2 Å². The number of amides is 1. The Balaban J connectivity index is 1.88. The van der Waals surface area contributed by atoms with Crippen LogP contribution in [0.25, 0.3) is 11.1 Å². The van der Waals surface area contributed by atoms with Gasteiger partial charge in [0, 0.05) is 35.1 Å². The molecule has 0 spiro atoms. The largest absolute Gasteiger partial charge is 0.469 e. The highest BCUT2D eigenvalue weighted by molar-refractivity contribution is 6.10. The molecule has 0 unspecified atom stereocenters. The van der Waals surface area contributed by atoms with Gasteiger partial charge in [-0.15, -0.1) is 0 Å². The van der Waals surface area contributed by atoms with E-state index in [0.29, 0.717) is 49.9 Å². The predicted molar refractivity (Wildman–Crippen MR) is 152 cm³/mol. The zero-order valence-corrected chi connectivity index (χ0v) is 23.0. The van der Waals surface area contributed by atoms with Gasteiger partial charge in [-0.05, 0) is 55.7 Å². The summed E-state index contributed by atoms with van der Waals surface area (Å²) >= 11 is 0. The average Bonchev–Trinajstić information content (AvgIpc) is 3.29. The van der Waals surface area contributed by atoms with Crippen molar-refractivity contribution in [3.63, 3.8) is 0 Å². The van der Waals surface area contributed by atoms with Crippen molar-refractivity contribution in [2.45, 2.75) is 83.0 Å². The van der Waals surface area contributed by atoms with Gasteiger partial charge in [0.15, 0.2) is 0 Å². The highest BCUT2D eigenvalue weighted by Crippen LogP contribution is 2.45. The first-order chi connectivity index (χ1) is 18.8. The molecule has 2 N–H and O–H groups in total. The number of aliphatic hydroxyl groups excluding tert-OH is 1. The summed E-state index contributed by atoms with van der Waals surface area (Å²) in [6.07, 6.45) is 0.885. The molecule has 1 fully saturated rings. The summed E-state index contributed by atoms with van der Waals surface area (Å²) in [6, 6.07) is 19.3. The Kier molecular flexibility index (Phi) is 9.57. The standard InChI is InChI=1S/C32H39FN2O4/c1-21(2)30-29(32(38)34-25-12-8-5-9-13-25)28(22-10-6-4-7-11-22)31(23-14-16-24(33)17-15-23)35(30)19-18-26(36)20-27(37)39-3/h4-13,21,23-24,26,36H,14-20H2,1-3H3,(H,34,38)/t23?,24?,26-/m1/s1. The van der Waals surface area contributed by atoms with Crippen LogP contribution in [0.2, 0.25) is 0 Å². The number of carbonyl (C=O) groups excluding carboxylic acids is 2. The molecule has 1 amide bonds. The van der Waals surface area contributed by atoms with Crippen LogP contribution >= 0.6 is 0 Å². The number of halogens is 1. The second kappa shape index (κ2) is 13.1. The summed E-state index contributed by atoms with van der Waals surface area (Å²) in [7, 11) is 1.31. The molecule has 1 aromatic heterocycles. The molecule has 1 aliphatic rings. The summed E-state index contributed by atoms with van der Waals surface area (Å²) in [6.45, 7) is 4.55. The first-order valence-corrected chi connectivity index (χ1v) is 13.9. The van der Waals surface area contributed by atoms with E-state index in [4.69, 9.17) is 4.74 Å². The number of hydrogen-bond acceptors (Lipinski definition) is 4. The summed E-state index contributed by atoms with van der Waals surface area (Å²) < 4.78 is 21.2. The molecular weight excluding hydrogens is 495 g/mol. The number of alkyl halides is 1. The fourth-order valence-corrected chi connectivity index (χ4v) is 5.75. The topological polar surface area (TPSA) is 80.6 Å². The number of carbonyl (C=O) groups is 2. The number of benzene rings is 2. The Morgan fingerprint density at radius 2 is 1.64 bits per heavy atom. The minimum Gasteiger partial charge on any atom is -0.469 e. The van der Waals surface area contributed by atoms with Gasteiger partial charge in [0.2, 0.25) is 0 Å². The first-order valence-electron chi connectivity index (χ1n) is 13.9. The van der Waals surface area contributed by atoms with E-state index in [0.717, 1.165) is 22.5 Å². The van der Waals surface area contributed by atoms with Crippen LogP contribution in [0.4, 0.5) is 10.1 Å². The van der Waals surface area contributed by atoms with Gasteiger partial charge >= 0.3 is 5.97 Å². The van der Waals surface area contributed by atoms with Crippen LogP contribution < -0.4 is 5.32 Å². The maximum absolute atomic E-state index is 14.2. The highest BCUT2D eigenvalue weighted by atomic mass is 19.1. The van der Waals surface area contributed by atoms with Crippen molar-refractivity contribution in [2.75, 3.05) is 12.4 Å². The third-order valence-corrected chi connectivity index (χ3v) is 7.57. The highest BCUT2D eigenvalue weighted by Gasteiger charge is 2.35. The Morgan fingerprint density at radius 3 is 2.23 bits per heavy atom. The molecule has 4 rings (SSSR count). The first kappa shape index (κ1) is 28.6. The molecule has 1 atom stereocenters. The number of hydrogen-bond donors (Lipinski definition) is 2. The summed E-state index contributed by atoms with van der Waals surface area (Å²) in [4.78, 5) is 25.8. The summed E-state index contributed by atoms with van der Waals surface area (Å²) in [5.74, 6) is -0.597. The van der Waals surface area contributed by atoms with E-state index in [2.05, 4.69) is 23.7 Å². The maximum atomic E-state index is 14.2. The molecule has 6 nitrogen and oxygen atoms in total. The van der Waals surface area contributed by atoms with Crippen molar-refractivity contribution < 1.29 is 23.8 Å². The monoisotopic (exact) mass is 534 g/mol. The lowest BCUT2D eigenvalue weighted by Crippen LogP contribution is -2.22. The van der Waals surface area contributed by atoms with E-state index in [9.17, 15) is 19.1 Å². The van der Waals surface area contributed by atoms with E-state index in [1.54, 1.807) is 0 Å². The molecule has 7 heteroatoms. The number of anilines is 1. The molecule has 0 bridgehead atoms. The second-order valence-corrected chi connectivity index (χ2v) is 10.7. The summed E-state index contributed by atoms with van der Waals surface area (Å²) in [5, 5.41) is 13.7. The fraction of sp³-hybridized carbons (Fsp3) is 0.438. The van der Waals surface area contributed by atoms with Gasteiger partial charge in [0.1, 0.15) is 6.17 Å². The second-order valence-electron chi connectivity index (χ2n) is 10.7. The minimum absolute atomic E-state index is 0.00648. The number of nitrogens with zero attached hydrogens (tertiary/aromatic N) is 1. The van der Waals surface area contributed by atoms with Gasteiger partial charge in [-0.1, -0.05) is 62.4 Å². The number of aromatic nitrogens is 1. The summed E-state index contributed by atoms with van der Waals surface area (Å²) in [5.41, 5.74) is 5.02. The number of para-hydroxylation sites is 1. The molecule has 1 saturated carbocycles. The maximum Gasteiger partial charge on any atom is 0.308 e.